The number of hydrogen-bond donors (Lipinski definition) is 1. The van der Waals surface area contributed by atoms with Gasteiger partial charge in [0.25, 0.3) is 0 Å². The maximum absolute atomic E-state index is 6.01. The molecule has 0 amide bonds. The third kappa shape index (κ3) is 6.95. The summed E-state index contributed by atoms with van der Waals surface area (Å²) in [5.41, 5.74) is 1.27. The molecule has 1 aromatic carbocycles. The minimum absolute atomic E-state index is 0.528. The normalized spacial score (nSPS) is 12.9. The van der Waals surface area contributed by atoms with E-state index in [1.165, 1.54) is 24.8 Å². The quantitative estimate of drug-likeness (QED) is 0.690. The predicted molar refractivity (Wildman–Crippen MR) is 84.8 cm³/mol. The van der Waals surface area contributed by atoms with Gasteiger partial charge in [-0.2, -0.15) is 0 Å². The number of rotatable bonds is 9. The summed E-state index contributed by atoms with van der Waals surface area (Å²) in [6.45, 7) is 7.61. The number of hydrogen-bond acceptors (Lipinski definition) is 2. The van der Waals surface area contributed by atoms with Crippen molar-refractivity contribution in [3.05, 3.63) is 34.9 Å². The monoisotopic (exact) mass is 282 g/mol. The molecule has 1 aromatic rings. The predicted octanol–water partition coefficient (Wildman–Crippen LogP) is 3.94. The molecule has 1 unspecified atom stereocenters. The number of halogens is 1. The zero-order valence-electron chi connectivity index (χ0n) is 12.5. The van der Waals surface area contributed by atoms with Gasteiger partial charge in [0, 0.05) is 24.2 Å². The topological polar surface area (TPSA) is 15.3 Å². The molecule has 0 radical (unpaired) electrons. The highest BCUT2D eigenvalue weighted by Crippen LogP contribution is 2.13. The Morgan fingerprint density at radius 1 is 1.32 bits per heavy atom. The van der Waals surface area contributed by atoms with E-state index in [4.69, 9.17) is 11.6 Å². The molecule has 1 N–H and O–H groups in total. The van der Waals surface area contributed by atoms with E-state index in [1.807, 2.05) is 18.2 Å². The summed E-state index contributed by atoms with van der Waals surface area (Å²) in [5, 5.41) is 4.35. The number of nitrogens with zero attached hydrogens (tertiary/aromatic N) is 1. The van der Waals surface area contributed by atoms with Crippen molar-refractivity contribution in [2.45, 2.75) is 45.7 Å². The molecule has 0 bridgehead atoms. The molecule has 108 valence electrons. The minimum Gasteiger partial charge on any atom is -0.315 e. The first kappa shape index (κ1) is 16.5. The van der Waals surface area contributed by atoms with Gasteiger partial charge < -0.3 is 5.32 Å². The summed E-state index contributed by atoms with van der Waals surface area (Å²) in [6.07, 6.45) is 3.88. The van der Waals surface area contributed by atoms with E-state index in [-0.39, 0.29) is 0 Å². The highest BCUT2D eigenvalue weighted by atomic mass is 35.5. The Hall–Kier alpha value is -0.570. The van der Waals surface area contributed by atoms with Gasteiger partial charge in [0.2, 0.25) is 0 Å². The summed E-state index contributed by atoms with van der Waals surface area (Å²) in [6, 6.07) is 8.63. The standard InChI is InChI=1S/C16H27ClN2/c1-4-5-6-10-18-12-14(2)19(3)13-15-8-7-9-16(17)11-15/h7-9,11,14,18H,4-6,10,12-13H2,1-3H3. The first-order valence-electron chi connectivity index (χ1n) is 7.29. The molecular formula is C16H27ClN2. The van der Waals surface area contributed by atoms with Crippen LogP contribution in [0.25, 0.3) is 0 Å². The summed E-state index contributed by atoms with van der Waals surface area (Å²) in [7, 11) is 2.17. The van der Waals surface area contributed by atoms with Crippen LogP contribution in [0, 0.1) is 0 Å². The lowest BCUT2D eigenvalue weighted by Crippen LogP contribution is -2.37. The van der Waals surface area contributed by atoms with Crippen molar-refractivity contribution < 1.29 is 0 Å². The van der Waals surface area contributed by atoms with Gasteiger partial charge in [-0.15, -0.1) is 0 Å². The second-order valence-electron chi connectivity index (χ2n) is 5.31. The molecule has 3 heteroatoms. The van der Waals surface area contributed by atoms with Gasteiger partial charge in [-0.1, -0.05) is 43.5 Å². The van der Waals surface area contributed by atoms with Crippen LogP contribution >= 0.6 is 11.6 Å². The molecule has 1 rings (SSSR count). The highest BCUT2D eigenvalue weighted by Gasteiger charge is 2.09. The van der Waals surface area contributed by atoms with Crippen LogP contribution in [-0.2, 0) is 6.54 Å². The zero-order chi connectivity index (χ0) is 14.1. The van der Waals surface area contributed by atoms with Gasteiger partial charge in [-0.3, -0.25) is 4.90 Å². The maximum Gasteiger partial charge on any atom is 0.0409 e. The molecule has 0 fully saturated rings. The second kappa shape index (κ2) is 9.35. The Kier molecular flexibility index (Phi) is 8.11. The van der Waals surface area contributed by atoms with Crippen molar-refractivity contribution in [2.24, 2.45) is 0 Å². The fourth-order valence-electron chi connectivity index (χ4n) is 2.05. The molecule has 0 saturated heterocycles. The average molecular weight is 283 g/mol. The first-order valence-corrected chi connectivity index (χ1v) is 7.66. The van der Waals surface area contributed by atoms with Gasteiger partial charge in [0.05, 0.1) is 0 Å². The van der Waals surface area contributed by atoms with Crippen molar-refractivity contribution in [3.63, 3.8) is 0 Å². The van der Waals surface area contributed by atoms with Crippen molar-refractivity contribution in [1.29, 1.82) is 0 Å². The van der Waals surface area contributed by atoms with Gasteiger partial charge in [-0.25, -0.2) is 0 Å². The fraction of sp³-hybridized carbons (Fsp3) is 0.625. The Morgan fingerprint density at radius 2 is 2.11 bits per heavy atom. The van der Waals surface area contributed by atoms with Crippen LogP contribution in [-0.4, -0.2) is 31.1 Å². The van der Waals surface area contributed by atoms with Crippen molar-refractivity contribution in [2.75, 3.05) is 20.1 Å². The van der Waals surface area contributed by atoms with Gasteiger partial charge in [0.1, 0.15) is 0 Å². The van der Waals surface area contributed by atoms with Crippen LogP contribution in [0.5, 0.6) is 0 Å². The molecule has 1 atom stereocenters. The summed E-state index contributed by atoms with van der Waals surface area (Å²) in [4.78, 5) is 2.36. The van der Waals surface area contributed by atoms with Crippen LogP contribution in [0.3, 0.4) is 0 Å². The van der Waals surface area contributed by atoms with E-state index in [0.717, 1.165) is 24.7 Å². The molecule has 0 aromatic heterocycles. The van der Waals surface area contributed by atoms with E-state index in [2.05, 4.69) is 37.2 Å². The third-order valence-electron chi connectivity index (χ3n) is 3.47. The van der Waals surface area contributed by atoms with E-state index >= 15 is 0 Å². The number of nitrogens with one attached hydrogen (secondary N) is 1. The van der Waals surface area contributed by atoms with Crippen LogP contribution in [0.2, 0.25) is 5.02 Å². The molecule has 0 aliphatic carbocycles. The molecule has 0 aliphatic rings. The molecule has 0 aliphatic heterocycles. The number of benzene rings is 1. The lowest BCUT2D eigenvalue weighted by molar-refractivity contribution is 0.243. The SMILES string of the molecule is CCCCCNCC(C)N(C)Cc1cccc(Cl)c1. The van der Waals surface area contributed by atoms with Crippen molar-refractivity contribution >= 4 is 11.6 Å². The Balaban J connectivity index is 2.26. The molecule has 19 heavy (non-hydrogen) atoms. The molecular weight excluding hydrogens is 256 g/mol. The summed E-state index contributed by atoms with van der Waals surface area (Å²) in [5.74, 6) is 0. The highest BCUT2D eigenvalue weighted by molar-refractivity contribution is 6.30. The zero-order valence-corrected chi connectivity index (χ0v) is 13.2. The van der Waals surface area contributed by atoms with E-state index in [9.17, 15) is 0 Å². The second-order valence-corrected chi connectivity index (χ2v) is 5.74. The Bertz CT molecular complexity index is 354. The van der Waals surface area contributed by atoms with E-state index < -0.39 is 0 Å². The lowest BCUT2D eigenvalue weighted by Gasteiger charge is -2.25. The average Bonchev–Trinajstić information content (AvgIpc) is 2.38. The lowest BCUT2D eigenvalue weighted by atomic mass is 10.2. The minimum atomic E-state index is 0.528. The van der Waals surface area contributed by atoms with Crippen molar-refractivity contribution in [3.8, 4) is 0 Å². The Morgan fingerprint density at radius 3 is 2.79 bits per heavy atom. The maximum atomic E-state index is 6.01. The van der Waals surface area contributed by atoms with E-state index in [1.54, 1.807) is 0 Å². The van der Waals surface area contributed by atoms with Gasteiger partial charge in [0.15, 0.2) is 0 Å². The van der Waals surface area contributed by atoms with Gasteiger partial charge >= 0.3 is 0 Å². The third-order valence-corrected chi connectivity index (χ3v) is 3.71. The molecule has 0 saturated carbocycles. The molecule has 2 nitrogen and oxygen atoms in total. The molecule has 0 spiro atoms. The van der Waals surface area contributed by atoms with Gasteiger partial charge in [-0.05, 0) is 44.6 Å². The smallest absolute Gasteiger partial charge is 0.0409 e. The van der Waals surface area contributed by atoms with E-state index in [0.29, 0.717) is 6.04 Å². The number of likely N-dealkylation sites (N-methyl/N-ethyl adjacent to an activating group) is 1. The summed E-state index contributed by atoms with van der Waals surface area (Å²) >= 11 is 6.01. The van der Waals surface area contributed by atoms with Crippen LogP contribution in [0.15, 0.2) is 24.3 Å². The first-order chi connectivity index (χ1) is 9.13. The summed E-state index contributed by atoms with van der Waals surface area (Å²) < 4.78 is 0. The largest absolute Gasteiger partial charge is 0.315 e. The molecule has 0 heterocycles. The van der Waals surface area contributed by atoms with Crippen LogP contribution < -0.4 is 5.32 Å². The van der Waals surface area contributed by atoms with Crippen LogP contribution in [0.1, 0.15) is 38.7 Å². The van der Waals surface area contributed by atoms with Crippen LogP contribution in [0.4, 0.5) is 0 Å². The Labute approximate surface area is 123 Å². The fourth-order valence-corrected chi connectivity index (χ4v) is 2.26. The number of unbranched alkanes of at least 4 members (excludes halogenated alkanes) is 2. The van der Waals surface area contributed by atoms with Crippen molar-refractivity contribution in [1.82, 2.24) is 10.2 Å².